The number of aromatic nitrogens is 4. The van der Waals surface area contributed by atoms with Gasteiger partial charge in [-0.1, -0.05) is 0 Å². The number of aromatic amines is 1. The number of H-pyrrole nitrogens is 1. The smallest absolute Gasteiger partial charge is 0.226 e. The molecule has 2 aromatic rings. The number of nitrogens with one attached hydrogen (secondary N) is 2. The fourth-order valence-corrected chi connectivity index (χ4v) is 3.24. The molecular formula is C11H15ClN6S. The molecule has 0 bridgehead atoms. The van der Waals surface area contributed by atoms with Crippen molar-refractivity contribution >= 4 is 40.3 Å². The Morgan fingerprint density at radius 2 is 2.21 bits per heavy atom. The summed E-state index contributed by atoms with van der Waals surface area (Å²) >= 11 is 7.90. The third-order valence-corrected chi connectivity index (χ3v) is 4.19. The molecule has 2 aromatic heterocycles. The maximum Gasteiger partial charge on any atom is 0.226 e. The Morgan fingerprint density at radius 1 is 1.37 bits per heavy atom. The standard InChI is InChI=1S/C11H15ClN6S/c12-11-16-9(8-10(17-11)15-7-14-8)13-1-2-18-3-5-19-6-4-18/h7H,1-6H2,(H2,13,14,15,16,17). The summed E-state index contributed by atoms with van der Waals surface area (Å²) < 4.78 is 0. The Labute approximate surface area is 120 Å². The van der Waals surface area contributed by atoms with Crippen molar-refractivity contribution in [1.29, 1.82) is 0 Å². The average Bonchev–Trinajstić information content (AvgIpc) is 2.88. The zero-order valence-electron chi connectivity index (χ0n) is 10.4. The summed E-state index contributed by atoms with van der Waals surface area (Å²) in [6.07, 6.45) is 1.60. The molecule has 19 heavy (non-hydrogen) atoms. The summed E-state index contributed by atoms with van der Waals surface area (Å²) in [5, 5.41) is 3.53. The number of fused-ring (bicyclic) bond motifs is 1. The molecule has 1 fully saturated rings. The lowest BCUT2D eigenvalue weighted by Crippen LogP contribution is -2.36. The minimum absolute atomic E-state index is 0.219. The second kappa shape index (κ2) is 5.94. The van der Waals surface area contributed by atoms with E-state index < -0.39 is 0 Å². The van der Waals surface area contributed by atoms with Gasteiger partial charge in [0.1, 0.15) is 5.52 Å². The zero-order valence-corrected chi connectivity index (χ0v) is 12.0. The van der Waals surface area contributed by atoms with Crippen LogP contribution in [0.2, 0.25) is 5.28 Å². The molecule has 102 valence electrons. The number of rotatable bonds is 4. The Morgan fingerprint density at radius 3 is 3.05 bits per heavy atom. The van der Waals surface area contributed by atoms with E-state index in [1.807, 2.05) is 11.8 Å². The first-order chi connectivity index (χ1) is 9.33. The normalized spacial score (nSPS) is 16.9. The van der Waals surface area contributed by atoms with Gasteiger partial charge in [-0.05, 0) is 11.6 Å². The van der Waals surface area contributed by atoms with Crippen molar-refractivity contribution in [2.75, 3.05) is 43.0 Å². The van der Waals surface area contributed by atoms with Crippen LogP contribution in [0.15, 0.2) is 6.33 Å². The molecule has 6 nitrogen and oxygen atoms in total. The fraction of sp³-hybridized carbons (Fsp3) is 0.545. The molecule has 0 atom stereocenters. The van der Waals surface area contributed by atoms with Gasteiger partial charge in [-0.2, -0.15) is 21.7 Å². The lowest BCUT2D eigenvalue weighted by atomic mass is 10.4. The van der Waals surface area contributed by atoms with E-state index >= 15 is 0 Å². The van der Waals surface area contributed by atoms with Gasteiger partial charge in [0.05, 0.1) is 6.33 Å². The Balaban J connectivity index is 1.63. The molecule has 0 saturated carbocycles. The minimum atomic E-state index is 0.219. The lowest BCUT2D eigenvalue weighted by molar-refractivity contribution is 0.314. The van der Waals surface area contributed by atoms with Crippen LogP contribution in [-0.4, -0.2) is 62.5 Å². The first kappa shape index (κ1) is 13.0. The Bertz CT molecular complexity index is 553. The quantitative estimate of drug-likeness (QED) is 0.833. The van der Waals surface area contributed by atoms with Gasteiger partial charge < -0.3 is 10.3 Å². The van der Waals surface area contributed by atoms with Crippen molar-refractivity contribution in [1.82, 2.24) is 24.8 Å². The van der Waals surface area contributed by atoms with Gasteiger partial charge in [-0.3, -0.25) is 4.90 Å². The summed E-state index contributed by atoms with van der Waals surface area (Å²) in [7, 11) is 0. The van der Waals surface area contributed by atoms with Crippen LogP contribution in [0, 0.1) is 0 Å². The van der Waals surface area contributed by atoms with E-state index in [2.05, 4.69) is 30.2 Å². The van der Waals surface area contributed by atoms with E-state index in [0.717, 1.165) is 37.5 Å². The molecule has 1 saturated heterocycles. The highest BCUT2D eigenvalue weighted by molar-refractivity contribution is 7.99. The third kappa shape index (κ3) is 3.10. The first-order valence-electron chi connectivity index (χ1n) is 6.23. The molecule has 2 N–H and O–H groups in total. The summed E-state index contributed by atoms with van der Waals surface area (Å²) in [4.78, 5) is 17.8. The Hall–Kier alpha value is -1.05. The number of hydrogen-bond acceptors (Lipinski definition) is 6. The van der Waals surface area contributed by atoms with E-state index in [1.54, 1.807) is 6.33 Å². The van der Waals surface area contributed by atoms with Crippen LogP contribution >= 0.6 is 23.4 Å². The second-order valence-corrected chi connectivity index (χ2v) is 5.89. The molecule has 0 amide bonds. The summed E-state index contributed by atoms with van der Waals surface area (Å²) in [6.45, 7) is 4.18. The lowest BCUT2D eigenvalue weighted by Gasteiger charge is -2.26. The molecule has 0 radical (unpaired) electrons. The van der Waals surface area contributed by atoms with Crippen LogP contribution in [0.1, 0.15) is 0 Å². The Kier molecular flexibility index (Phi) is 4.05. The molecule has 0 aliphatic carbocycles. The molecule has 0 unspecified atom stereocenters. The molecule has 0 aromatic carbocycles. The van der Waals surface area contributed by atoms with Gasteiger partial charge in [0.15, 0.2) is 11.5 Å². The van der Waals surface area contributed by atoms with Crippen LogP contribution in [0.5, 0.6) is 0 Å². The van der Waals surface area contributed by atoms with Crippen LogP contribution in [0.3, 0.4) is 0 Å². The topological polar surface area (TPSA) is 69.7 Å². The molecule has 8 heteroatoms. The number of thioether (sulfide) groups is 1. The molecule has 1 aliphatic heterocycles. The predicted octanol–water partition coefficient (Wildman–Crippen LogP) is 1.47. The largest absolute Gasteiger partial charge is 0.367 e. The molecule has 3 heterocycles. The SMILES string of the molecule is Clc1nc(NCCN2CCSCC2)c2[nH]cnc2n1. The fourth-order valence-electron chi connectivity index (χ4n) is 2.09. The highest BCUT2D eigenvalue weighted by Gasteiger charge is 2.11. The van der Waals surface area contributed by atoms with E-state index in [4.69, 9.17) is 11.6 Å². The minimum Gasteiger partial charge on any atom is -0.367 e. The van der Waals surface area contributed by atoms with Crippen molar-refractivity contribution < 1.29 is 0 Å². The number of nitrogens with zero attached hydrogens (tertiary/aromatic N) is 4. The van der Waals surface area contributed by atoms with Crippen LogP contribution < -0.4 is 5.32 Å². The maximum atomic E-state index is 5.88. The van der Waals surface area contributed by atoms with Gasteiger partial charge in [-0.25, -0.2) is 4.98 Å². The third-order valence-electron chi connectivity index (χ3n) is 3.08. The van der Waals surface area contributed by atoms with Gasteiger partial charge in [0, 0.05) is 37.7 Å². The van der Waals surface area contributed by atoms with Crippen molar-refractivity contribution in [2.45, 2.75) is 0 Å². The van der Waals surface area contributed by atoms with E-state index in [1.165, 1.54) is 11.5 Å². The molecule has 3 rings (SSSR count). The molecule has 1 aliphatic rings. The second-order valence-electron chi connectivity index (χ2n) is 4.32. The molecular weight excluding hydrogens is 284 g/mol. The summed E-state index contributed by atoms with van der Waals surface area (Å²) in [6, 6.07) is 0. The first-order valence-corrected chi connectivity index (χ1v) is 7.77. The van der Waals surface area contributed by atoms with E-state index in [0.29, 0.717) is 5.65 Å². The van der Waals surface area contributed by atoms with Gasteiger partial charge in [0.25, 0.3) is 0 Å². The average molecular weight is 299 g/mol. The van der Waals surface area contributed by atoms with Gasteiger partial charge in [-0.15, -0.1) is 0 Å². The number of anilines is 1. The number of halogens is 1. The summed E-state index contributed by atoms with van der Waals surface area (Å²) in [5.41, 5.74) is 1.40. The number of hydrogen-bond donors (Lipinski definition) is 2. The summed E-state index contributed by atoms with van der Waals surface area (Å²) in [5.74, 6) is 3.17. The van der Waals surface area contributed by atoms with E-state index in [-0.39, 0.29) is 5.28 Å². The van der Waals surface area contributed by atoms with Crippen LogP contribution in [0.25, 0.3) is 11.2 Å². The highest BCUT2D eigenvalue weighted by Crippen LogP contribution is 2.18. The van der Waals surface area contributed by atoms with Crippen molar-refractivity contribution in [3.05, 3.63) is 11.6 Å². The van der Waals surface area contributed by atoms with Gasteiger partial charge in [0.2, 0.25) is 5.28 Å². The zero-order chi connectivity index (χ0) is 13.1. The van der Waals surface area contributed by atoms with Crippen LogP contribution in [0.4, 0.5) is 5.82 Å². The molecule has 0 spiro atoms. The maximum absolute atomic E-state index is 5.88. The highest BCUT2D eigenvalue weighted by atomic mass is 35.5. The van der Waals surface area contributed by atoms with Crippen molar-refractivity contribution in [2.24, 2.45) is 0 Å². The monoisotopic (exact) mass is 298 g/mol. The van der Waals surface area contributed by atoms with Crippen LogP contribution in [-0.2, 0) is 0 Å². The van der Waals surface area contributed by atoms with E-state index in [9.17, 15) is 0 Å². The van der Waals surface area contributed by atoms with Crippen molar-refractivity contribution in [3.63, 3.8) is 0 Å². The predicted molar refractivity (Wildman–Crippen MR) is 78.9 cm³/mol. The van der Waals surface area contributed by atoms with Crippen molar-refractivity contribution in [3.8, 4) is 0 Å². The van der Waals surface area contributed by atoms with Gasteiger partial charge >= 0.3 is 0 Å². The number of imidazole rings is 1.